The van der Waals surface area contributed by atoms with E-state index in [0.717, 1.165) is 42.6 Å². The molecule has 7 nitrogen and oxygen atoms in total. The Hall–Kier alpha value is -3.22. The number of fused-ring (bicyclic) bond motifs is 1. The fourth-order valence-electron chi connectivity index (χ4n) is 3.72. The summed E-state index contributed by atoms with van der Waals surface area (Å²) in [6.07, 6.45) is 2.19. The second kappa shape index (κ2) is 8.43. The molecule has 1 saturated heterocycles. The maximum atomic E-state index is 6.25. The van der Waals surface area contributed by atoms with Crippen LogP contribution in [0.2, 0.25) is 0 Å². The van der Waals surface area contributed by atoms with Gasteiger partial charge in [0.15, 0.2) is 11.5 Å². The standard InChI is InChI=1S/C22H26N4O3/c1-27-19-11-17-18(12-20(19)28-2)24-22(25-21(17)23)26-10-6-7-15(13-26)14-29-16-8-4-3-5-9-16/h3-5,8-9,11-12,15H,6-7,10,13-14H2,1-2H3,(H2,23,24,25). The number of piperidine rings is 1. The van der Waals surface area contributed by atoms with E-state index in [2.05, 4.69) is 9.88 Å². The average Bonchev–Trinajstić information content (AvgIpc) is 2.77. The average molecular weight is 394 g/mol. The summed E-state index contributed by atoms with van der Waals surface area (Å²) < 4.78 is 16.7. The number of anilines is 2. The van der Waals surface area contributed by atoms with Crippen LogP contribution >= 0.6 is 0 Å². The Bertz CT molecular complexity index is 981. The van der Waals surface area contributed by atoms with E-state index >= 15 is 0 Å². The molecule has 2 N–H and O–H groups in total. The van der Waals surface area contributed by atoms with Gasteiger partial charge in [0.2, 0.25) is 5.95 Å². The van der Waals surface area contributed by atoms with Crippen LogP contribution in [0, 0.1) is 5.92 Å². The molecule has 1 aliphatic rings. The van der Waals surface area contributed by atoms with Crippen molar-refractivity contribution in [1.29, 1.82) is 0 Å². The summed E-state index contributed by atoms with van der Waals surface area (Å²) in [6.45, 7) is 2.42. The minimum Gasteiger partial charge on any atom is -0.493 e. The van der Waals surface area contributed by atoms with Crippen LogP contribution in [0.15, 0.2) is 42.5 Å². The summed E-state index contributed by atoms with van der Waals surface area (Å²) in [5, 5.41) is 0.757. The normalized spacial score (nSPS) is 16.6. The summed E-state index contributed by atoms with van der Waals surface area (Å²) in [6, 6.07) is 13.6. The van der Waals surface area contributed by atoms with E-state index in [1.165, 1.54) is 0 Å². The first kappa shape index (κ1) is 19.1. The lowest BCUT2D eigenvalue weighted by Crippen LogP contribution is -2.38. The maximum Gasteiger partial charge on any atom is 0.227 e. The summed E-state index contributed by atoms with van der Waals surface area (Å²) in [5.74, 6) is 3.63. The van der Waals surface area contributed by atoms with Crippen LogP contribution < -0.4 is 24.8 Å². The summed E-state index contributed by atoms with van der Waals surface area (Å²) >= 11 is 0. The molecule has 1 unspecified atom stereocenters. The van der Waals surface area contributed by atoms with Gasteiger partial charge in [-0.2, -0.15) is 4.98 Å². The Morgan fingerprint density at radius 3 is 2.59 bits per heavy atom. The van der Waals surface area contributed by atoms with E-state index in [0.29, 0.717) is 35.8 Å². The molecule has 3 aromatic rings. The number of methoxy groups -OCH3 is 2. The molecule has 0 saturated carbocycles. The Kier molecular flexibility index (Phi) is 5.55. The SMILES string of the molecule is COc1cc2nc(N3CCCC(COc4ccccc4)C3)nc(N)c2cc1OC. The van der Waals surface area contributed by atoms with Crippen molar-refractivity contribution in [2.45, 2.75) is 12.8 Å². The third kappa shape index (κ3) is 4.13. The first-order valence-corrected chi connectivity index (χ1v) is 9.80. The Balaban J connectivity index is 1.53. The molecule has 0 amide bonds. The van der Waals surface area contributed by atoms with Crippen molar-refractivity contribution >= 4 is 22.7 Å². The van der Waals surface area contributed by atoms with Crippen LogP contribution in [0.5, 0.6) is 17.2 Å². The minimum atomic E-state index is 0.412. The van der Waals surface area contributed by atoms with Gasteiger partial charge in [0.25, 0.3) is 0 Å². The van der Waals surface area contributed by atoms with Gasteiger partial charge < -0.3 is 24.8 Å². The van der Waals surface area contributed by atoms with Crippen molar-refractivity contribution in [2.75, 3.05) is 44.5 Å². The first-order valence-electron chi connectivity index (χ1n) is 9.80. The quantitative estimate of drug-likeness (QED) is 0.685. The van der Waals surface area contributed by atoms with Crippen molar-refractivity contribution in [3.05, 3.63) is 42.5 Å². The zero-order valence-corrected chi connectivity index (χ0v) is 16.8. The molecular weight excluding hydrogens is 368 g/mol. The van der Waals surface area contributed by atoms with Gasteiger partial charge in [-0.3, -0.25) is 0 Å². The van der Waals surface area contributed by atoms with E-state index in [4.69, 9.17) is 24.9 Å². The highest BCUT2D eigenvalue weighted by atomic mass is 16.5. The molecule has 0 aliphatic carbocycles. The third-order valence-corrected chi connectivity index (χ3v) is 5.25. The number of nitrogens with zero attached hydrogens (tertiary/aromatic N) is 3. The van der Waals surface area contributed by atoms with Crippen LogP contribution in [0.4, 0.5) is 11.8 Å². The molecule has 152 valence electrons. The monoisotopic (exact) mass is 394 g/mol. The molecule has 2 aromatic carbocycles. The van der Waals surface area contributed by atoms with Crippen molar-refractivity contribution in [3.8, 4) is 17.2 Å². The number of para-hydroxylation sites is 1. The van der Waals surface area contributed by atoms with Gasteiger partial charge in [0, 0.05) is 30.5 Å². The zero-order chi connectivity index (χ0) is 20.2. The first-order chi connectivity index (χ1) is 14.2. The lowest BCUT2D eigenvalue weighted by atomic mass is 9.99. The summed E-state index contributed by atoms with van der Waals surface area (Å²) in [7, 11) is 3.21. The number of nitrogen functional groups attached to an aromatic ring is 1. The number of nitrogens with two attached hydrogens (primary N) is 1. The maximum absolute atomic E-state index is 6.25. The highest BCUT2D eigenvalue weighted by Crippen LogP contribution is 2.34. The lowest BCUT2D eigenvalue weighted by molar-refractivity contribution is 0.228. The van der Waals surface area contributed by atoms with Crippen LogP contribution in [-0.2, 0) is 0 Å². The molecule has 0 radical (unpaired) electrons. The van der Waals surface area contributed by atoms with Gasteiger partial charge in [-0.15, -0.1) is 0 Å². The summed E-state index contributed by atoms with van der Waals surface area (Å²) in [4.78, 5) is 11.5. The van der Waals surface area contributed by atoms with E-state index in [9.17, 15) is 0 Å². The van der Waals surface area contributed by atoms with Crippen molar-refractivity contribution in [3.63, 3.8) is 0 Å². The molecule has 1 atom stereocenters. The van der Waals surface area contributed by atoms with Crippen LogP contribution in [0.25, 0.3) is 10.9 Å². The molecule has 1 fully saturated rings. The van der Waals surface area contributed by atoms with Crippen LogP contribution in [0.1, 0.15) is 12.8 Å². The van der Waals surface area contributed by atoms with E-state index in [1.807, 2.05) is 42.5 Å². The van der Waals surface area contributed by atoms with E-state index < -0.39 is 0 Å². The minimum absolute atomic E-state index is 0.412. The molecule has 1 aliphatic heterocycles. The van der Waals surface area contributed by atoms with Crippen molar-refractivity contribution < 1.29 is 14.2 Å². The number of hydrogen-bond donors (Lipinski definition) is 1. The predicted octanol–water partition coefficient (Wildman–Crippen LogP) is 3.52. The number of rotatable bonds is 6. The topological polar surface area (TPSA) is 82.7 Å². The van der Waals surface area contributed by atoms with Gasteiger partial charge in [0.1, 0.15) is 11.6 Å². The molecule has 29 heavy (non-hydrogen) atoms. The third-order valence-electron chi connectivity index (χ3n) is 5.25. The van der Waals surface area contributed by atoms with Gasteiger partial charge in [0.05, 0.1) is 26.3 Å². The second-order valence-electron chi connectivity index (χ2n) is 7.21. The molecule has 7 heteroatoms. The molecule has 1 aromatic heterocycles. The van der Waals surface area contributed by atoms with E-state index in [-0.39, 0.29) is 0 Å². The van der Waals surface area contributed by atoms with Crippen LogP contribution in [-0.4, -0.2) is 43.9 Å². The van der Waals surface area contributed by atoms with Crippen molar-refractivity contribution in [1.82, 2.24) is 9.97 Å². The molecular formula is C22H26N4O3. The van der Waals surface area contributed by atoms with Crippen LogP contribution in [0.3, 0.4) is 0 Å². The summed E-state index contributed by atoms with van der Waals surface area (Å²) in [5.41, 5.74) is 6.99. The number of benzene rings is 2. The van der Waals surface area contributed by atoms with Crippen molar-refractivity contribution in [2.24, 2.45) is 5.92 Å². The Labute approximate surface area is 170 Å². The highest BCUT2D eigenvalue weighted by Gasteiger charge is 2.23. The predicted molar refractivity (Wildman–Crippen MR) is 114 cm³/mol. The fourth-order valence-corrected chi connectivity index (χ4v) is 3.72. The zero-order valence-electron chi connectivity index (χ0n) is 16.8. The molecule has 4 rings (SSSR count). The largest absolute Gasteiger partial charge is 0.493 e. The fraction of sp³-hybridized carbons (Fsp3) is 0.364. The number of ether oxygens (including phenoxy) is 3. The highest BCUT2D eigenvalue weighted by molar-refractivity contribution is 5.91. The second-order valence-corrected chi connectivity index (χ2v) is 7.21. The smallest absolute Gasteiger partial charge is 0.227 e. The molecule has 2 heterocycles. The number of aromatic nitrogens is 2. The molecule has 0 bridgehead atoms. The van der Waals surface area contributed by atoms with Gasteiger partial charge in [-0.05, 0) is 31.0 Å². The Morgan fingerprint density at radius 1 is 1.07 bits per heavy atom. The van der Waals surface area contributed by atoms with Gasteiger partial charge in [-0.25, -0.2) is 4.98 Å². The Morgan fingerprint density at radius 2 is 1.83 bits per heavy atom. The number of hydrogen-bond acceptors (Lipinski definition) is 7. The molecule has 0 spiro atoms. The van der Waals surface area contributed by atoms with E-state index in [1.54, 1.807) is 14.2 Å². The lowest BCUT2D eigenvalue weighted by Gasteiger charge is -2.32. The van der Waals surface area contributed by atoms with Gasteiger partial charge >= 0.3 is 0 Å². The van der Waals surface area contributed by atoms with Gasteiger partial charge in [-0.1, -0.05) is 18.2 Å².